The minimum absolute atomic E-state index is 0.0216. The lowest BCUT2D eigenvalue weighted by atomic mass is 9.90. The highest BCUT2D eigenvalue weighted by Crippen LogP contribution is 2.59. The molecular formula is C21H21ClN2O2. The maximum atomic E-state index is 12.6. The lowest BCUT2D eigenvalue weighted by molar-refractivity contribution is -0.118. The summed E-state index contributed by atoms with van der Waals surface area (Å²) in [6.07, 6.45) is 2.68. The minimum Gasteiger partial charge on any atom is -0.339 e. The number of rotatable bonds is 3. The summed E-state index contributed by atoms with van der Waals surface area (Å²) in [6.45, 7) is 1.39. The molecule has 4 nitrogen and oxygen atoms in total. The van der Waals surface area contributed by atoms with E-state index in [1.165, 1.54) is 0 Å². The van der Waals surface area contributed by atoms with E-state index < -0.39 is 0 Å². The van der Waals surface area contributed by atoms with Crippen molar-refractivity contribution in [3.8, 4) is 0 Å². The number of benzene rings is 2. The Hall–Kier alpha value is -2.33. The molecule has 1 atom stereocenters. The summed E-state index contributed by atoms with van der Waals surface area (Å²) in [6, 6.07) is 16.6. The van der Waals surface area contributed by atoms with E-state index in [1.807, 2.05) is 35.2 Å². The third-order valence-electron chi connectivity index (χ3n) is 5.67. The van der Waals surface area contributed by atoms with E-state index in [2.05, 4.69) is 5.32 Å². The number of likely N-dealkylation sites (tertiary alicyclic amines) is 1. The lowest BCUT2D eigenvalue weighted by Gasteiger charge is -2.33. The van der Waals surface area contributed by atoms with E-state index in [1.54, 1.807) is 24.3 Å². The molecule has 26 heavy (non-hydrogen) atoms. The van der Waals surface area contributed by atoms with Gasteiger partial charge >= 0.3 is 0 Å². The Morgan fingerprint density at radius 2 is 1.77 bits per heavy atom. The fraction of sp³-hybridized carbons (Fsp3) is 0.333. The van der Waals surface area contributed by atoms with Crippen molar-refractivity contribution in [1.82, 2.24) is 4.90 Å². The molecular weight excluding hydrogens is 348 g/mol. The molecule has 0 radical (unpaired) electrons. The van der Waals surface area contributed by atoms with Crippen LogP contribution in [0.2, 0.25) is 5.02 Å². The molecule has 2 aromatic rings. The average Bonchev–Trinajstić information content (AvgIpc) is 3.36. The second-order valence-corrected chi connectivity index (χ2v) is 7.71. The number of hydrogen-bond donors (Lipinski definition) is 1. The SMILES string of the molecule is O=C(Nc1ccccc1)C1CC12CCN(C(=O)c1cccc(Cl)c1)CC2. The topological polar surface area (TPSA) is 49.4 Å². The van der Waals surface area contributed by atoms with Gasteiger partial charge in [0.25, 0.3) is 5.91 Å². The average molecular weight is 369 g/mol. The number of amides is 2. The van der Waals surface area contributed by atoms with E-state index in [9.17, 15) is 9.59 Å². The molecule has 1 saturated heterocycles. The van der Waals surface area contributed by atoms with Crippen LogP contribution in [0.3, 0.4) is 0 Å². The Labute approximate surface area is 158 Å². The van der Waals surface area contributed by atoms with Crippen molar-refractivity contribution >= 4 is 29.1 Å². The first-order chi connectivity index (χ1) is 12.6. The Bertz CT molecular complexity index is 829. The molecule has 5 heteroatoms. The summed E-state index contributed by atoms with van der Waals surface area (Å²) < 4.78 is 0. The highest BCUT2D eigenvalue weighted by Gasteiger charge is 2.58. The van der Waals surface area contributed by atoms with Gasteiger partial charge in [0.1, 0.15) is 0 Å². The smallest absolute Gasteiger partial charge is 0.253 e. The first-order valence-corrected chi connectivity index (χ1v) is 9.36. The molecule has 1 aliphatic carbocycles. The molecule has 2 fully saturated rings. The standard InChI is InChI=1S/C21H21ClN2O2/c22-16-6-4-5-15(13-16)20(26)24-11-9-21(10-12-24)14-18(21)19(25)23-17-7-2-1-3-8-17/h1-8,13,18H,9-12,14H2,(H,23,25). The van der Waals surface area contributed by atoms with Crippen molar-refractivity contribution in [2.24, 2.45) is 11.3 Å². The van der Waals surface area contributed by atoms with Crippen molar-refractivity contribution in [2.75, 3.05) is 18.4 Å². The van der Waals surface area contributed by atoms with E-state index in [0.29, 0.717) is 23.7 Å². The maximum absolute atomic E-state index is 12.6. The van der Waals surface area contributed by atoms with Gasteiger partial charge in [0.05, 0.1) is 0 Å². The van der Waals surface area contributed by atoms with Crippen molar-refractivity contribution in [3.63, 3.8) is 0 Å². The first-order valence-electron chi connectivity index (χ1n) is 8.98. The molecule has 4 rings (SSSR count). The van der Waals surface area contributed by atoms with Crippen LogP contribution >= 0.6 is 11.6 Å². The summed E-state index contributed by atoms with van der Waals surface area (Å²) in [5, 5.41) is 3.58. The van der Waals surface area contributed by atoms with E-state index in [4.69, 9.17) is 11.6 Å². The molecule has 1 N–H and O–H groups in total. The van der Waals surface area contributed by atoms with Gasteiger partial charge < -0.3 is 10.2 Å². The van der Waals surface area contributed by atoms with E-state index in [0.717, 1.165) is 24.9 Å². The van der Waals surface area contributed by atoms with Crippen LogP contribution in [0.4, 0.5) is 5.69 Å². The Morgan fingerprint density at radius 1 is 1.04 bits per heavy atom. The summed E-state index contributed by atoms with van der Waals surface area (Å²) in [4.78, 5) is 27.0. The predicted octanol–water partition coefficient (Wildman–Crippen LogP) is 4.22. The van der Waals surface area contributed by atoms with Crippen LogP contribution in [-0.2, 0) is 4.79 Å². The molecule has 134 valence electrons. The third-order valence-corrected chi connectivity index (χ3v) is 5.90. The van der Waals surface area contributed by atoms with Crippen molar-refractivity contribution in [3.05, 3.63) is 65.2 Å². The molecule has 1 heterocycles. The molecule has 1 unspecified atom stereocenters. The molecule has 1 aliphatic heterocycles. The quantitative estimate of drug-likeness (QED) is 0.881. The Kier molecular flexibility index (Phi) is 4.45. The van der Waals surface area contributed by atoms with Crippen LogP contribution in [0.5, 0.6) is 0 Å². The van der Waals surface area contributed by atoms with Crippen molar-refractivity contribution in [1.29, 1.82) is 0 Å². The number of nitrogens with one attached hydrogen (secondary N) is 1. The minimum atomic E-state index is 0.0216. The van der Waals surface area contributed by atoms with Crippen LogP contribution in [-0.4, -0.2) is 29.8 Å². The maximum Gasteiger partial charge on any atom is 0.253 e. The largest absolute Gasteiger partial charge is 0.339 e. The highest BCUT2D eigenvalue weighted by molar-refractivity contribution is 6.30. The number of hydrogen-bond acceptors (Lipinski definition) is 2. The van der Waals surface area contributed by atoms with Gasteiger partial charge in [-0.3, -0.25) is 9.59 Å². The first kappa shape index (κ1) is 17.1. The number of halogens is 1. The van der Waals surface area contributed by atoms with Crippen LogP contribution in [0.1, 0.15) is 29.6 Å². The monoisotopic (exact) mass is 368 g/mol. The van der Waals surface area contributed by atoms with Gasteiger partial charge in [0.15, 0.2) is 0 Å². The summed E-state index contributed by atoms with van der Waals surface area (Å²) in [5.41, 5.74) is 1.54. The van der Waals surface area contributed by atoms with Gasteiger partial charge in [-0.2, -0.15) is 0 Å². The fourth-order valence-corrected chi connectivity index (χ4v) is 4.17. The number of nitrogens with zero attached hydrogens (tertiary/aromatic N) is 1. The van der Waals surface area contributed by atoms with Gasteiger partial charge in [-0.25, -0.2) is 0 Å². The van der Waals surface area contributed by atoms with Crippen LogP contribution < -0.4 is 5.32 Å². The summed E-state index contributed by atoms with van der Waals surface area (Å²) >= 11 is 5.99. The molecule has 2 aromatic carbocycles. The predicted molar refractivity (Wildman–Crippen MR) is 102 cm³/mol. The van der Waals surface area contributed by atoms with E-state index in [-0.39, 0.29) is 23.1 Å². The Morgan fingerprint density at radius 3 is 2.46 bits per heavy atom. The van der Waals surface area contributed by atoms with Gasteiger partial charge in [0, 0.05) is 35.3 Å². The van der Waals surface area contributed by atoms with Crippen molar-refractivity contribution in [2.45, 2.75) is 19.3 Å². The zero-order valence-corrected chi connectivity index (χ0v) is 15.2. The molecule has 1 spiro atoms. The van der Waals surface area contributed by atoms with Crippen LogP contribution in [0.15, 0.2) is 54.6 Å². The number of piperidine rings is 1. The fourth-order valence-electron chi connectivity index (χ4n) is 3.98. The molecule has 2 amide bonds. The van der Waals surface area contributed by atoms with Crippen LogP contribution in [0.25, 0.3) is 0 Å². The zero-order chi connectivity index (χ0) is 18.1. The van der Waals surface area contributed by atoms with Gasteiger partial charge in [-0.05, 0) is 55.0 Å². The number of carbonyl (C=O) groups excluding carboxylic acids is 2. The Balaban J connectivity index is 1.34. The molecule has 0 aromatic heterocycles. The molecule has 0 bridgehead atoms. The van der Waals surface area contributed by atoms with Crippen LogP contribution in [0, 0.1) is 11.3 Å². The number of carbonyl (C=O) groups is 2. The lowest BCUT2D eigenvalue weighted by Crippen LogP contribution is -2.40. The summed E-state index contributed by atoms with van der Waals surface area (Å²) in [7, 11) is 0. The second-order valence-electron chi connectivity index (χ2n) is 7.28. The van der Waals surface area contributed by atoms with Gasteiger partial charge in [0.2, 0.25) is 5.91 Å². The molecule has 1 saturated carbocycles. The van der Waals surface area contributed by atoms with Crippen molar-refractivity contribution < 1.29 is 9.59 Å². The summed E-state index contributed by atoms with van der Waals surface area (Å²) in [5.74, 6) is 0.185. The number of para-hydroxylation sites is 1. The normalized spacial score (nSPS) is 20.7. The highest BCUT2D eigenvalue weighted by atomic mass is 35.5. The zero-order valence-electron chi connectivity index (χ0n) is 14.5. The third kappa shape index (κ3) is 3.34. The second kappa shape index (κ2) is 6.76. The number of anilines is 1. The molecule has 2 aliphatic rings. The van der Waals surface area contributed by atoms with E-state index >= 15 is 0 Å². The van der Waals surface area contributed by atoms with Gasteiger partial charge in [-0.1, -0.05) is 35.9 Å². The van der Waals surface area contributed by atoms with Gasteiger partial charge in [-0.15, -0.1) is 0 Å².